The second-order valence-electron chi connectivity index (χ2n) is 1.70. The molecule has 0 aromatic rings. The summed E-state index contributed by atoms with van der Waals surface area (Å²) in [7, 11) is 0. The Labute approximate surface area is 70.5 Å². The van der Waals surface area contributed by atoms with Crippen molar-refractivity contribution in [2.45, 2.75) is 13.3 Å². The Morgan fingerprint density at radius 3 is 2.80 bits per heavy atom. The molecule has 0 saturated carbocycles. The van der Waals surface area contributed by atoms with Crippen LogP contribution in [-0.2, 0) is 11.8 Å². The minimum atomic E-state index is -2.10. The number of nitrogens with zero attached hydrogens (tertiary/aromatic N) is 1. The van der Waals surface area contributed by atoms with Crippen LogP contribution in [0, 0.1) is 11.3 Å². The van der Waals surface area contributed by atoms with Crippen molar-refractivity contribution < 1.29 is 4.89 Å². The summed E-state index contributed by atoms with van der Waals surface area (Å²) < 4.78 is 0. The van der Waals surface area contributed by atoms with E-state index in [0.29, 0.717) is 18.3 Å². The average Bonchev–Trinajstić information content (AvgIpc) is 1.89. The van der Waals surface area contributed by atoms with Crippen molar-refractivity contribution in [3.8, 4) is 6.07 Å². The van der Waals surface area contributed by atoms with Crippen LogP contribution in [0.1, 0.15) is 13.3 Å². The van der Waals surface area contributed by atoms with Crippen LogP contribution in [0.15, 0.2) is 0 Å². The molecule has 1 unspecified atom stereocenters. The zero-order valence-electron chi connectivity index (χ0n) is 5.78. The van der Waals surface area contributed by atoms with Gasteiger partial charge in [-0.05, 0) is 0 Å². The Morgan fingerprint density at radius 1 is 1.80 bits per heavy atom. The van der Waals surface area contributed by atoms with Gasteiger partial charge in [-0.15, -0.1) is 0 Å². The van der Waals surface area contributed by atoms with Gasteiger partial charge in [0, 0.05) is 18.3 Å². The second kappa shape index (κ2) is 5.15. The lowest BCUT2D eigenvalue weighted by Gasteiger charge is -2.09. The monoisotopic (exact) mass is 195 g/mol. The maximum atomic E-state index is 9.33. The maximum absolute atomic E-state index is 9.33. The molecule has 0 fully saturated rings. The highest BCUT2D eigenvalue weighted by molar-refractivity contribution is 8.69. The Bertz CT molecular complexity index is 177. The zero-order chi connectivity index (χ0) is 8.04. The fourth-order valence-corrected chi connectivity index (χ4v) is 3.32. The zero-order valence-corrected chi connectivity index (χ0v) is 8.31. The van der Waals surface area contributed by atoms with Crippen molar-refractivity contribution in [1.82, 2.24) is 0 Å². The molecule has 1 N–H and O–H groups in total. The highest BCUT2D eigenvalue weighted by Gasteiger charge is 2.08. The quantitative estimate of drug-likeness (QED) is 0.550. The summed E-state index contributed by atoms with van der Waals surface area (Å²) in [4.78, 5) is 9.33. The first-order valence-corrected chi connectivity index (χ1v) is 7.49. The highest BCUT2D eigenvalue weighted by Crippen LogP contribution is 2.54. The minimum Gasteiger partial charge on any atom is -0.357 e. The normalized spacial score (nSPS) is 15.7. The topological polar surface area (TPSA) is 44.0 Å². The first kappa shape index (κ1) is 10.4. The molecule has 10 heavy (non-hydrogen) atoms. The van der Waals surface area contributed by atoms with Crippen LogP contribution in [0.2, 0.25) is 0 Å². The number of hydrogen-bond donors (Lipinski definition) is 1. The van der Waals surface area contributed by atoms with Crippen LogP contribution in [0.25, 0.3) is 0 Å². The Kier molecular flexibility index (Phi) is 5.38. The lowest BCUT2D eigenvalue weighted by atomic mass is 10.6. The summed E-state index contributed by atoms with van der Waals surface area (Å²) in [5.74, 6) is 0.665. The average molecular weight is 195 g/mol. The molecule has 0 spiro atoms. The summed E-state index contributed by atoms with van der Waals surface area (Å²) in [5, 5.41) is 8.17. The van der Waals surface area contributed by atoms with Crippen molar-refractivity contribution in [1.29, 1.82) is 5.26 Å². The van der Waals surface area contributed by atoms with Crippen molar-refractivity contribution in [2.75, 3.05) is 11.9 Å². The Hall–Kier alpha value is 0.450. The molecule has 0 rings (SSSR count). The van der Waals surface area contributed by atoms with Gasteiger partial charge in [-0.1, -0.05) is 30.1 Å². The Balaban J connectivity index is 3.50. The van der Waals surface area contributed by atoms with Crippen LogP contribution in [0.4, 0.5) is 0 Å². The molecule has 0 radical (unpaired) electrons. The molecule has 0 aromatic carbocycles. The van der Waals surface area contributed by atoms with Gasteiger partial charge < -0.3 is 4.89 Å². The molecule has 0 aliphatic heterocycles. The smallest absolute Gasteiger partial charge is 0.116 e. The molecule has 1 atom stereocenters. The van der Waals surface area contributed by atoms with Crippen LogP contribution in [0.5, 0.6) is 0 Å². The van der Waals surface area contributed by atoms with Crippen LogP contribution < -0.4 is 0 Å². The predicted molar refractivity (Wildman–Crippen MR) is 49.7 cm³/mol. The van der Waals surface area contributed by atoms with Crippen LogP contribution in [-0.4, -0.2) is 16.8 Å². The fourth-order valence-electron chi connectivity index (χ4n) is 0.325. The summed E-state index contributed by atoms with van der Waals surface area (Å²) in [5.41, 5.74) is -2.10. The molecular weight excluding hydrogens is 185 g/mol. The third-order valence-electron chi connectivity index (χ3n) is 0.906. The van der Waals surface area contributed by atoms with Gasteiger partial charge in [-0.25, -0.2) is 0 Å². The van der Waals surface area contributed by atoms with E-state index in [4.69, 9.17) is 17.1 Å². The molecule has 0 heterocycles. The summed E-state index contributed by atoms with van der Waals surface area (Å²) in [6.45, 7) is 1.88. The minimum absolute atomic E-state index is 0.476. The molecule has 0 saturated heterocycles. The summed E-state index contributed by atoms with van der Waals surface area (Å²) in [6.07, 6.45) is 1.13. The number of rotatable bonds is 4. The fraction of sp³-hybridized carbons (Fsp3) is 0.800. The van der Waals surface area contributed by atoms with E-state index in [2.05, 4.69) is 0 Å². The molecule has 58 valence electrons. The van der Waals surface area contributed by atoms with Gasteiger partial charge >= 0.3 is 0 Å². The summed E-state index contributed by atoms with van der Waals surface area (Å²) >= 11 is 6.24. The van der Waals surface area contributed by atoms with E-state index in [-0.39, 0.29) is 0 Å². The van der Waals surface area contributed by atoms with Crippen molar-refractivity contribution in [3.05, 3.63) is 0 Å². The van der Waals surface area contributed by atoms with E-state index < -0.39 is 5.47 Å². The van der Waals surface area contributed by atoms with E-state index in [1.807, 2.05) is 13.0 Å². The first-order valence-electron chi connectivity index (χ1n) is 2.95. The maximum Gasteiger partial charge on any atom is 0.116 e. The van der Waals surface area contributed by atoms with Gasteiger partial charge in [0.2, 0.25) is 0 Å². The first-order chi connectivity index (χ1) is 4.62. The van der Waals surface area contributed by atoms with Crippen LogP contribution >= 0.6 is 16.8 Å². The molecule has 0 bridgehead atoms. The molecule has 0 amide bonds. The predicted octanol–water partition coefficient (Wildman–Crippen LogP) is 1.95. The third kappa shape index (κ3) is 5.25. The van der Waals surface area contributed by atoms with Gasteiger partial charge in [0.15, 0.2) is 0 Å². The molecule has 0 aromatic heterocycles. The largest absolute Gasteiger partial charge is 0.357 e. The van der Waals surface area contributed by atoms with Crippen LogP contribution in [0.3, 0.4) is 0 Å². The van der Waals surface area contributed by atoms with Gasteiger partial charge in [-0.3, -0.25) is 0 Å². The van der Waals surface area contributed by atoms with Gasteiger partial charge in [0.25, 0.3) is 0 Å². The highest BCUT2D eigenvalue weighted by atomic mass is 32.9. The van der Waals surface area contributed by atoms with Crippen molar-refractivity contribution in [2.24, 2.45) is 0 Å². The molecular formula is C5H10NOPS2. The molecule has 2 nitrogen and oxygen atoms in total. The van der Waals surface area contributed by atoms with Gasteiger partial charge in [-0.2, -0.15) is 5.26 Å². The van der Waals surface area contributed by atoms with E-state index in [0.717, 1.165) is 0 Å². The van der Waals surface area contributed by atoms with Gasteiger partial charge in [0.1, 0.15) is 5.47 Å². The Morgan fingerprint density at radius 2 is 2.40 bits per heavy atom. The lowest BCUT2D eigenvalue weighted by Crippen LogP contribution is -1.80. The second-order valence-corrected chi connectivity index (χ2v) is 9.36. The lowest BCUT2D eigenvalue weighted by molar-refractivity contribution is 0.639. The third-order valence-corrected chi connectivity index (χ3v) is 6.75. The standard InChI is InChI=1S/C5H10NOPS2/c1-2-8(7,9)10-5-3-4-6/h2-3,5H2,1H3,(H,7,9). The molecule has 5 heteroatoms. The van der Waals surface area contributed by atoms with Crippen molar-refractivity contribution in [3.63, 3.8) is 0 Å². The number of nitriles is 1. The van der Waals surface area contributed by atoms with Crippen molar-refractivity contribution >= 4 is 28.7 Å². The number of hydrogen-bond acceptors (Lipinski definition) is 3. The van der Waals surface area contributed by atoms with E-state index in [1.165, 1.54) is 11.4 Å². The van der Waals surface area contributed by atoms with E-state index >= 15 is 0 Å². The summed E-state index contributed by atoms with van der Waals surface area (Å²) in [6, 6.07) is 2.00. The molecule has 0 aliphatic carbocycles. The molecule has 0 aliphatic rings. The van der Waals surface area contributed by atoms with Gasteiger partial charge in [0.05, 0.1) is 6.07 Å². The van der Waals surface area contributed by atoms with E-state index in [9.17, 15) is 4.89 Å². The SMILES string of the molecule is CCP(O)(=S)SCCC#N. The van der Waals surface area contributed by atoms with E-state index in [1.54, 1.807) is 0 Å².